The Morgan fingerprint density at radius 3 is 2.80 bits per heavy atom. The first-order valence-electron chi connectivity index (χ1n) is 5.35. The Bertz CT molecular complexity index is 701. The normalized spacial score (nSPS) is 10.3. The van der Waals surface area contributed by atoms with Crippen molar-refractivity contribution in [2.45, 2.75) is 6.92 Å². The third kappa shape index (κ3) is 2.86. The van der Waals surface area contributed by atoms with Crippen LogP contribution in [-0.4, -0.2) is 15.8 Å². The Balaban J connectivity index is 2.32. The van der Waals surface area contributed by atoms with Crippen LogP contribution in [0.5, 0.6) is 0 Å². The second-order valence-corrected chi connectivity index (χ2v) is 5.16. The first kappa shape index (κ1) is 14.2. The summed E-state index contributed by atoms with van der Waals surface area (Å²) in [6, 6.07) is 2.36. The van der Waals surface area contributed by atoms with Gasteiger partial charge in [-0.3, -0.25) is 20.2 Å². The summed E-state index contributed by atoms with van der Waals surface area (Å²) in [5, 5.41) is 15.5. The minimum absolute atomic E-state index is 0.0420. The maximum atomic E-state index is 12.0. The number of carbonyl (C=O) groups excluding carboxylic acids is 1. The quantitative estimate of drug-likeness (QED) is 0.514. The number of nitro groups is 1. The predicted molar refractivity (Wildman–Crippen MR) is 77.3 cm³/mol. The number of benzene rings is 1. The summed E-state index contributed by atoms with van der Waals surface area (Å²) in [5.74, 6) is -0.538. The van der Waals surface area contributed by atoms with Gasteiger partial charge >= 0.3 is 0 Å². The van der Waals surface area contributed by atoms with E-state index in [9.17, 15) is 14.9 Å². The number of nitro benzene ring substituents is 1. The molecule has 2 rings (SSSR count). The van der Waals surface area contributed by atoms with Crippen molar-refractivity contribution in [3.05, 3.63) is 43.9 Å². The lowest BCUT2D eigenvalue weighted by Gasteiger charge is -2.05. The van der Waals surface area contributed by atoms with Crippen LogP contribution in [0.15, 0.2) is 17.5 Å². The molecule has 1 aromatic carbocycles. The van der Waals surface area contributed by atoms with Crippen LogP contribution in [0.1, 0.15) is 16.1 Å². The van der Waals surface area contributed by atoms with E-state index in [2.05, 4.69) is 10.3 Å². The molecular formula is C11H9ClN4O3S. The third-order valence-corrected chi connectivity index (χ3v) is 3.59. The number of rotatable bonds is 3. The molecule has 1 heterocycles. The molecule has 20 heavy (non-hydrogen) atoms. The van der Waals surface area contributed by atoms with E-state index in [-0.39, 0.29) is 16.3 Å². The van der Waals surface area contributed by atoms with Crippen molar-refractivity contribution in [2.75, 3.05) is 11.1 Å². The minimum atomic E-state index is -0.689. The van der Waals surface area contributed by atoms with Gasteiger partial charge in [-0.1, -0.05) is 11.6 Å². The fraction of sp³-hybridized carbons (Fsp3) is 0.0909. The van der Waals surface area contributed by atoms with Crippen LogP contribution in [0.3, 0.4) is 0 Å². The van der Waals surface area contributed by atoms with Crippen LogP contribution in [0.25, 0.3) is 0 Å². The number of halogens is 1. The highest BCUT2D eigenvalue weighted by molar-refractivity contribution is 7.13. The molecule has 0 aliphatic heterocycles. The second-order valence-electron chi connectivity index (χ2n) is 3.90. The van der Waals surface area contributed by atoms with Gasteiger partial charge in [0.2, 0.25) is 0 Å². The molecule has 0 radical (unpaired) electrons. The van der Waals surface area contributed by atoms with Gasteiger partial charge in [-0.2, -0.15) is 0 Å². The Morgan fingerprint density at radius 1 is 1.55 bits per heavy atom. The largest absolute Gasteiger partial charge is 0.392 e. The number of nitrogens with one attached hydrogen (secondary N) is 1. The molecule has 1 amide bonds. The zero-order valence-electron chi connectivity index (χ0n) is 10.2. The summed E-state index contributed by atoms with van der Waals surface area (Å²) in [7, 11) is 0. The van der Waals surface area contributed by atoms with Gasteiger partial charge in [0.25, 0.3) is 11.6 Å². The van der Waals surface area contributed by atoms with E-state index < -0.39 is 16.5 Å². The summed E-state index contributed by atoms with van der Waals surface area (Å²) in [6.07, 6.45) is 0. The van der Waals surface area contributed by atoms with Crippen molar-refractivity contribution in [1.29, 1.82) is 0 Å². The standard InChI is InChI=1S/C11H9ClN4O3S/c1-5-4-20-11(14-5)15-10(17)6-2-7(12)9(13)8(3-6)16(18)19/h2-4H,13H2,1H3,(H,14,15,17). The number of hydrogen-bond donors (Lipinski definition) is 2. The number of carbonyl (C=O) groups is 1. The molecule has 0 saturated carbocycles. The molecule has 2 aromatic rings. The topological polar surface area (TPSA) is 111 Å². The van der Waals surface area contributed by atoms with Crippen molar-refractivity contribution >= 4 is 45.4 Å². The lowest BCUT2D eigenvalue weighted by molar-refractivity contribution is -0.383. The first-order chi connectivity index (χ1) is 9.38. The molecule has 0 aliphatic carbocycles. The van der Waals surface area contributed by atoms with Crippen molar-refractivity contribution < 1.29 is 9.72 Å². The number of amides is 1. The van der Waals surface area contributed by atoms with Crippen molar-refractivity contribution in [3.63, 3.8) is 0 Å². The number of nitrogens with two attached hydrogens (primary N) is 1. The Morgan fingerprint density at radius 2 is 2.25 bits per heavy atom. The fourth-order valence-corrected chi connectivity index (χ4v) is 2.36. The lowest BCUT2D eigenvalue weighted by Crippen LogP contribution is -2.12. The van der Waals surface area contributed by atoms with E-state index in [1.807, 2.05) is 0 Å². The molecule has 9 heteroatoms. The molecule has 0 spiro atoms. The fourth-order valence-electron chi connectivity index (χ4n) is 1.47. The Kier molecular flexibility index (Phi) is 3.86. The Labute approximate surface area is 122 Å². The van der Waals surface area contributed by atoms with Gasteiger partial charge in [0.05, 0.1) is 15.6 Å². The van der Waals surface area contributed by atoms with E-state index in [1.165, 1.54) is 17.4 Å². The van der Waals surface area contributed by atoms with E-state index in [0.29, 0.717) is 5.13 Å². The average Bonchev–Trinajstić information content (AvgIpc) is 2.77. The number of hydrogen-bond acceptors (Lipinski definition) is 6. The molecule has 0 atom stereocenters. The highest BCUT2D eigenvalue weighted by atomic mass is 35.5. The smallest absolute Gasteiger partial charge is 0.294 e. The summed E-state index contributed by atoms with van der Waals surface area (Å²) in [4.78, 5) is 26.2. The second kappa shape index (κ2) is 5.43. The van der Waals surface area contributed by atoms with Crippen molar-refractivity contribution in [1.82, 2.24) is 4.98 Å². The zero-order valence-corrected chi connectivity index (χ0v) is 11.8. The average molecular weight is 313 g/mol. The lowest BCUT2D eigenvalue weighted by atomic mass is 10.1. The van der Waals surface area contributed by atoms with E-state index in [4.69, 9.17) is 17.3 Å². The molecule has 0 unspecified atom stereocenters. The number of nitrogens with zero attached hydrogens (tertiary/aromatic N) is 2. The van der Waals surface area contributed by atoms with Gasteiger partial charge in [0.1, 0.15) is 5.69 Å². The van der Waals surface area contributed by atoms with Crippen LogP contribution < -0.4 is 11.1 Å². The van der Waals surface area contributed by atoms with Gasteiger partial charge in [0, 0.05) is 17.0 Å². The molecule has 7 nitrogen and oxygen atoms in total. The van der Waals surface area contributed by atoms with Crippen molar-refractivity contribution in [2.24, 2.45) is 0 Å². The van der Waals surface area contributed by atoms with Gasteiger partial charge in [-0.05, 0) is 13.0 Å². The highest BCUT2D eigenvalue weighted by Crippen LogP contribution is 2.31. The summed E-state index contributed by atoms with van der Waals surface area (Å²) >= 11 is 7.05. The first-order valence-corrected chi connectivity index (χ1v) is 6.61. The summed E-state index contributed by atoms with van der Waals surface area (Å²) in [6.45, 7) is 1.79. The van der Waals surface area contributed by atoms with Crippen molar-refractivity contribution in [3.8, 4) is 0 Å². The van der Waals surface area contributed by atoms with Crippen LogP contribution in [0.2, 0.25) is 5.02 Å². The summed E-state index contributed by atoms with van der Waals surface area (Å²) in [5.41, 5.74) is 5.74. The van der Waals surface area contributed by atoms with E-state index in [1.54, 1.807) is 12.3 Å². The Hall–Kier alpha value is -2.19. The number of thiazole rings is 1. The molecular weight excluding hydrogens is 304 g/mol. The number of aryl methyl sites for hydroxylation is 1. The maximum Gasteiger partial charge on any atom is 0.294 e. The van der Waals surface area contributed by atoms with Gasteiger partial charge < -0.3 is 5.73 Å². The van der Waals surface area contributed by atoms with E-state index in [0.717, 1.165) is 11.8 Å². The molecule has 0 bridgehead atoms. The molecule has 0 aliphatic rings. The molecule has 0 fully saturated rings. The van der Waals surface area contributed by atoms with Crippen LogP contribution in [0, 0.1) is 17.0 Å². The molecule has 0 saturated heterocycles. The SMILES string of the molecule is Cc1csc(NC(=O)c2cc(Cl)c(N)c([N+](=O)[O-])c2)n1. The summed E-state index contributed by atoms with van der Waals surface area (Å²) < 4.78 is 0. The maximum absolute atomic E-state index is 12.0. The molecule has 104 valence electrons. The van der Waals surface area contributed by atoms with Crippen LogP contribution >= 0.6 is 22.9 Å². The monoisotopic (exact) mass is 312 g/mol. The van der Waals surface area contributed by atoms with Crippen LogP contribution in [-0.2, 0) is 0 Å². The number of nitrogen functional groups attached to an aromatic ring is 1. The number of aromatic nitrogens is 1. The van der Waals surface area contributed by atoms with Gasteiger partial charge in [0.15, 0.2) is 5.13 Å². The van der Waals surface area contributed by atoms with Gasteiger partial charge in [-0.25, -0.2) is 4.98 Å². The van der Waals surface area contributed by atoms with Gasteiger partial charge in [-0.15, -0.1) is 11.3 Å². The number of anilines is 2. The van der Waals surface area contributed by atoms with Crippen LogP contribution in [0.4, 0.5) is 16.5 Å². The minimum Gasteiger partial charge on any atom is -0.392 e. The van der Waals surface area contributed by atoms with E-state index >= 15 is 0 Å². The predicted octanol–water partition coefficient (Wildman–Crippen LogP) is 2.85. The highest BCUT2D eigenvalue weighted by Gasteiger charge is 2.19. The third-order valence-electron chi connectivity index (χ3n) is 2.41. The molecule has 1 aromatic heterocycles. The molecule has 3 N–H and O–H groups in total. The zero-order chi connectivity index (χ0) is 14.9.